The van der Waals surface area contributed by atoms with Crippen LogP contribution in [0.25, 0.3) is 6.08 Å². The van der Waals surface area contributed by atoms with E-state index in [0.29, 0.717) is 5.56 Å². The standard InChI is InChI=1S/C24H26F3NO4/c1-17(29)28-23(15-31-22(2,3)32-16-23)12-11-18-9-10-21(20(13-18)24(25,26)27)30-14-19-7-5-4-6-8-19/h4-13H,14-16H2,1-3H3,(H,28,29)/b12-11+. The molecular weight excluding hydrogens is 423 g/mol. The number of amides is 1. The summed E-state index contributed by atoms with van der Waals surface area (Å²) in [5.74, 6) is -1.36. The van der Waals surface area contributed by atoms with Gasteiger partial charge in [-0.1, -0.05) is 48.6 Å². The number of alkyl halides is 3. The van der Waals surface area contributed by atoms with Gasteiger partial charge in [-0.2, -0.15) is 13.2 Å². The molecule has 32 heavy (non-hydrogen) atoms. The van der Waals surface area contributed by atoms with Crippen molar-refractivity contribution in [3.8, 4) is 5.75 Å². The lowest BCUT2D eigenvalue weighted by Gasteiger charge is -2.42. The number of ether oxygens (including phenoxy) is 3. The van der Waals surface area contributed by atoms with Crippen LogP contribution in [-0.2, 0) is 27.1 Å². The predicted molar refractivity (Wildman–Crippen MR) is 114 cm³/mol. The van der Waals surface area contributed by atoms with Gasteiger partial charge in [0, 0.05) is 6.92 Å². The summed E-state index contributed by atoms with van der Waals surface area (Å²) in [7, 11) is 0. The highest BCUT2D eigenvalue weighted by atomic mass is 19.4. The molecule has 1 amide bonds. The molecule has 1 heterocycles. The largest absolute Gasteiger partial charge is 0.488 e. The molecule has 2 aromatic carbocycles. The van der Waals surface area contributed by atoms with E-state index in [1.807, 2.05) is 6.07 Å². The van der Waals surface area contributed by atoms with E-state index < -0.39 is 23.1 Å². The first-order valence-electron chi connectivity index (χ1n) is 10.1. The van der Waals surface area contributed by atoms with Gasteiger partial charge in [-0.25, -0.2) is 0 Å². The Balaban J connectivity index is 1.83. The zero-order valence-electron chi connectivity index (χ0n) is 18.2. The first kappa shape index (κ1) is 23.8. The van der Waals surface area contributed by atoms with E-state index in [0.717, 1.165) is 11.6 Å². The molecule has 1 saturated heterocycles. The van der Waals surface area contributed by atoms with Crippen LogP contribution in [0.4, 0.5) is 13.2 Å². The third-order valence-electron chi connectivity index (χ3n) is 4.92. The molecule has 0 radical (unpaired) electrons. The number of hydrogen-bond acceptors (Lipinski definition) is 4. The molecule has 0 bridgehead atoms. The van der Waals surface area contributed by atoms with Crippen molar-refractivity contribution in [2.45, 2.75) is 44.9 Å². The van der Waals surface area contributed by atoms with Crippen LogP contribution in [0.1, 0.15) is 37.5 Å². The van der Waals surface area contributed by atoms with Crippen molar-refractivity contribution in [2.24, 2.45) is 0 Å². The van der Waals surface area contributed by atoms with Crippen molar-refractivity contribution in [1.82, 2.24) is 5.32 Å². The fourth-order valence-electron chi connectivity index (χ4n) is 3.24. The molecular formula is C24H26F3NO4. The number of carbonyl (C=O) groups excluding carboxylic acids is 1. The molecule has 0 spiro atoms. The lowest BCUT2D eigenvalue weighted by atomic mass is 9.97. The van der Waals surface area contributed by atoms with Crippen LogP contribution in [-0.4, -0.2) is 30.4 Å². The number of halogens is 3. The van der Waals surface area contributed by atoms with Crippen LogP contribution in [0.2, 0.25) is 0 Å². The summed E-state index contributed by atoms with van der Waals surface area (Å²) in [5.41, 5.74) is -0.787. The Kier molecular flexibility index (Phi) is 6.95. The summed E-state index contributed by atoms with van der Waals surface area (Å²) in [6.07, 6.45) is -1.48. The third-order valence-corrected chi connectivity index (χ3v) is 4.92. The highest BCUT2D eigenvalue weighted by Gasteiger charge is 2.39. The second-order valence-corrected chi connectivity index (χ2v) is 8.18. The van der Waals surface area contributed by atoms with Crippen molar-refractivity contribution in [1.29, 1.82) is 0 Å². The maximum atomic E-state index is 13.7. The van der Waals surface area contributed by atoms with Gasteiger partial charge in [0.25, 0.3) is 0 Å². The zero-order valence-corrected chi connectivity index (χ0v) is 18.2. The van der Waals surface area contributed by atoms with Crippen LogP contribution in [0.3, 0.4) is 0 Å². The van der Waals surface area contributed by atoms with E-state index in [-0.39, 0.29) is 31.5 Å². The van der Waals surface area contributed by atoms with Crippen LogP contribution in [0.15, 0.2) is 54.6 Å². The summed E-state index contributed by atoms with van der Waals surface area (Å²) in [6.45, 7) is 5.13. The van der Waals surface area contributed by atoms with Crippen molar-refractivity contribution in [2.75, 3.05) is 13.2 Å². The Bertz CT molecular complexity index is 961. The molecule has 3 rings (SSSR count). The van der Waals surface area contributed by atoms with Crippen LogP contribution in [0.5, 0.6) is 5.75 Å². The van der Waals surface area contributed by atoms with Gasteiger partial charge >= 0.3 is 6.18 Å². The average molecular weight is 449 g/mol. The van der Waals surface area contributed by atoms with E-state index in [1.165, 1.54) is 25.1 Å². The minimum Gasteiger partial charge on any atom is -0.488 e. The van der Waals surface area contributed by atoms with E-state index in [1.54, 1.807) is 44.2 Å². The Morgan fingerprint density at radius 1 is 1.12 bits per heavy atom. The van der Waals surface area contributed by atoms with E-state index >= 15 is 0 Å². The van der Waals surface area contributed by atoms with Crippen LogP contribution < -0.4 is 10.1 Å². The summed E-state index contributed by atoms with van der Waals surface area (Å²) in [6, 6.07) is 12.8. The van der Waals surface area contributed by atoms with Gasteiger partial charge in [0.15, 0.2) is 5.79 Å². The Labute approximate surface area is 185 Å². The number of rotatable bonds is 6. The lowest BCUT2D eigenvalue weighted by molar-refractivity contribution is -0.264. The highest BCUT2D eigenvalue weighted by molar-refractivity contribution is 5.74. The van der Waals surface area contributed by atoms with E-state index in [9.17, 15) is 18.0 Å². The quantitative estimate of drug-likeness (QED) is 0.678. The van der Waals surface area contributed by atoms with Crippen LogP contribution in [0, 0.1) is 0 Å². The molecule has 0 atom stereocenters. The smallest absolute Gasteiger partial charge is 0.419 e. The maximum absolute atomic E-state index is 13.7. The lowest BCUT2D eigenvalue weighted by Crippen LogP contribution is -2.59. The average Bonchev–Trinajstić information content (AvgIpc) is 2.73. The summed E-state index contributed by atoms with van der Waals surface area (Å²) in [4.78, 5) is 11.7. The first-order chi connectivity index (χ1) is 15.0. The summed E-state index contributed by atoms with van der Waals surface area (Å²) in [5, 5.41) is 2.78. The van der Waals surface area contributed by atoms with Gasteiger partial charge in [-0.15, -0.1) is 0 Å². The van der Waals surface area contributed by atoms with Crippen LogP contribution >= 0.6 is 0 Å². The molecule has 1 N–H and O–H groups in total. The van der Waals surface area contributed by atoms with E-state index in [2.05, 4.69) is 5.32 Å². The number of carbonyl (C=O) groups is 1. The first-order valence-corrected chi connectivity index (χ1v) is 10.1. The SMILES string of the molecule is CC(=O)NC1(/C=C/c2ccc(OCc3ccccc3)c(C(F)(F)F)c2)COC(C)(C)OC1. The second-order valence-electron chi connectivity index (χ2n) is 8.18. The molecule has 0 aromatic heterocycles. The molecule has 0 saturated carbocycles. The van der Waals surface area contributed by atoms with Gasteiger partial charge in [-0.05, 0) is 37.1 Å². The highest BCUT2D eigenvalue weighted by Crippen LogP contribution is 2.37. The fraction of sp³-hybridized carbons (Fsp3) is 0.375. The van der Waals surface area contributed by atoms with E-state index in [4.69, 9.17) is 14.2 Å². The zero-order chi connectivity index (χ0) is 23.4. The summed E-state index contributed by atoms with van der Waals surface area (Å²) >= 11 is 0. The molecule has 0 unspecified atom stereocenters. The predicted octanol–water partition coefficient (Wildman–Crippen LogP) is 4.96. The molecule has 8 heteroatoms. The third kappa shape index (κ3) is 6.34. The molecule has 1 aliphatic rings. The maximum Gasteiger partial charge on any atom is 0.419 e. The minimum absolute atomic E-state index is 0.0230. The topological polar surface area (TPSA) is 56.8 Å². The summed E-state index contributed by atoms with van der Waals surface area (Å²) < 4.78 is 57.8. The fourth-order valence-corrected chi connectivity index (χ4v) is 3.24. The van der Waals surface area contributed by atoms with Crippen molar-refractivity contribution >= 4 is 12.0 Å². The minimum atomic E-state index is -4.59. The van der Waals surface area contributed by atoms with Gasteiger partial charge in [0.2, 0.25) is 5.91 Å². The Morgan fingerprint density at radius 2 is 1.78 bits per heavy atom. The van der Waals surface area contributed by atoms with Crippen molar-refractivity contribution < 1.29 is 32.2 Å². The number of hydrogen-bond donors (Lipinski definition) is 1. The monoisotopic (exact) mass is 449 g/mol. The Hall–Kier alpha value is -2.84. The number of benzene rings is 2. The molecule has 1 aliphatic heterocycles. The molecule has 172 valence electrons. The second kappa shape index (κ2) is 9.34. The molecule has 5 nitrogen and oxygen atoms in total. The molecule has 1 fully saturated rings. The molecule has 2 aromatic rings. The van der Waals surface area contributed by atoms with Gasteiger partial charge in [-0.3, -0.25) is 4.79 Å². The van der Waals surface area contributed by atoms with Gasteiger partial charge in [0.05, 0.1) is 18.8 Å². The number of nitrogens with one attached hydrogen (secondary N) is 1. The normalized spacial score (nSPS) is 17.8. The van der Waals surface area contributed by atoms with Crippen molar-refractivity contribution in [3.63, 3.8) is 0 Å². The van der Waals surface area contributed by atoms with Gasteiger partial charge < -0.3 is 19.5 Å². The van der Waals surface area contributed by atoms with Crippen molar-refractivity contribution in [3.05, 3.63) is 71.3 Å². The molecule has 0 aliphatic carbocycles. The Morgan fingerprint density at radius 3 is 2.38 bits per heavy atom. The van der Waals surface area contributed by atoms with Gasteiger partial charge in [0.1, 0.15) is 17.9 Å².